The summed E-state index contributed by atoms with van der Waals surface area (Å²) in [6.45, 7) is 1.06. The highest BCUT2D eigenvalue weighted by atomic mass is 35.5. The van der Waals surface area contributed by atoms with E-state index in [0.29, 0.717) is 45.5 Å². The highest BCUT2D eigenvalue weighted by molar-refractivity contribution is 6.35. The summed E-state index contributed by atoms with van der Waals surface area (Å²) in [5.41, 5.74) is 4.84. The van der Waals surface area contributed by atoms with Crippen molar-refractivity contribution in [3.05, 3.63) is 102 Å². The minimum absolute atomic E-state index is 0.387. The fourth-order valence-corrected chi connectivity index (χ4v) is 6.44. The fraction of sp³-hybridized carbons (Fsp3) is 0.375. The summed E-state index contributed by atoms with van der Waals surface area (Å²) >= 11 is 23.8. The molecular weight excluding hydrogens is 602 g/mol. The van der Waals surface area contributed by atoms with E-state index < -0.39 is 0 Å². The molecule has 4 aromatic rings. The first kappa shape index (κ1) is 31.7. The van der Waals surface area contributed by atoms with Gasteiger partial charge in [-0.1, -0.05) is 64.6 Å². The van der Waals surface area contributed by atoms with Crippen molar-refractivity contribution >= 4 is 63.8 Å². The van der Waals surface area contributed by atoms with Gasteiger partial charge < -0.3 is 14.1 Å². The van der Waals surface area contributed by atoms with E-state index in [9.17, 15) is 9.59 Å². The van der Waals surface area contributed by atoms with Crippen LogP contribution in [0.1, 0.15) is 61.1 Å². The summed E-state index contributed by atoms with van der Waals surface area (Å²) in [4.78, 5) is 26.7. The molecule has 5 rings (SSSR count). The van der Waals surface area contributed by atoms with E-state index in [-0.39, 0.29) is 5.76 Å². The van der Waals surface area contributed by atoms with Gasteiger partial charge in [0.2, 0.25) is 0 Å². The molecule has 0 saturated heterocycles. The molecule has 1 aliphatic carbocycles. The standard InChI is InChI=1S/C23H26Cl2N2O2.C9H8Cl2O/c1-27(12-2-3-16-4-8-18(24)14-20(16)25)19-9-5-15(6-10-19)17-7-11-21-22(13-17)29-23(28)26-21;10-8-4-3-7(2-1-5-12)9(11)6-8/h4,7-8,11,13-15,19H,2-3,5-6,9-10,12H2,1H3,(H,26,28);3-6H,1-2H2. The Morgan fingerprint density at radius 3 is 2.12 bits per heavy atom. The summed E-state index contributed by atoms with van der Waals surface area (Å²) in [5.74, 6) is 0.152. The van der Waals surface area contributed by atoms with E-state index in [0.717, 1.165) is 54.6 Å². The topological polar surface area (TPSA) is 66.3 Å². The van der Waals surface area contributed by atoms with Crippen LogP contribution in [0.15, 0.2) is 63.8 Å². The molecular formula is C32H34Cl4N2O3. The maximum Gasteiger partial charge on any atom is 0.417 e. The maximum absolute atomic E-state index is 11.4. The number of H-pyrrole nitrogens is 1. The largest absolute Gasteiger partial charge is 0.417 e. The number of hydrogen-bond acceptors (Lipinski definition) is 4. The van der Waals surface area contributed by atoms with Crippen LogP contribution in [0.4, 0.5) is 0 Å². The van der Waals surface area contributed by atoms with E-state index in [1.807, 2.05) is 36.4 Å². The van der Waals surface area contributed by atoms with Crippen molar-refractivity contribution in [3.63, 3.8) is 0 Å². The predicted molar refractivity (Wildman–Crippen MR) is 170 cm³/mol. The van der Waals surface area contributed by atoms with Crippen molar-refractivity contribution in [1.82, 2.24) is 9.88 Å². The molecule has 1 aliphatic rings. The summed E-state index contributed by atoms with van der Waals surface area (Å²) in [6, 6.07) is 17.8. The lowest BCUT2D eigenvalue weighted by molar-refractivity contribution is -0.107. The predicted octanol–water partition coefficient (Wildman–Crippen LogP) is 9.14. The zero-order valence-corrected chi connectivity index (χ0v) is 26.0. The van der Waals surface area contributed by atoms with Crippen molar-refractivity contribution < 1.29 is 9.21 Å². The van der Waals surface area contributed by atoms with Gasteiger partial charge in [0.25, 0.3) is 0 Å². The number of aryl methyl sites for hydroxylation is 2. The lowest BCUT2D eigenvalue weighted by Crippen LogP contribution is -2.35. The quantitative estimate of drug-likeness (QED) is 0.186. The van der Waals surface area contributed by atoms with Gasteiger partial charge in [0.05, 0.1) is 5.52 Å². The molecule has 1 aromatic heterocycles. The molecule has 1 N–H and O–H groups in total. The molecule has 0 spiro atoms. The molecule has 1 fully saturated rings. The van der Waals surface area contributed by atoms with Crippen molar-refractivity contribution in [2.45, 2.75) is 63.3 Å². The van der Waals surface area contributed by atoms with Gasteiger partial charge in [0.1, 0.15) is 6.29 Å². The van der Waals surface area contributed by atoms with Crippen LogP contribution in [0.2, 0.25) is 20.1 Å². The number of aromatic nitrogens is 1. The SMILES string of the molecule is CN(CCCc1ccc(Cl)cc1Cl)C1CCC(c2ccc3[nH]c(=O)oc3c2)CC1.O=CCCc1ccc(Cl)cc1Cl. The average Bonchev–Trinajstić information content (AvgIpc) is 3.33. The first-order valence-electron chi connectivity index (χ1n) is 13.9. The highest BCUT2D eigenvalue weighted by Gasteiger charge is 2.25. The number of benzene rings is 3. The van der Waals surface area contributed by atoms with Crippen molar-refractivity contribution in [2.75, 3.05) is 13.6 Å². The molecule has 3 aromatic carbocycles. The number of aldehydes is 1. The van der Waals surface area contributed by atoms with Crippen LogP contribution >= 0.6 is 46.4 Å². The third kappa shape index (κ3) is 9.10. The first-order chi connectivity index (χ1) is 19.7. The van der Waals surface area contributed by atoms with E-state index in [1.165, 1.54) is 24.0 Å². The Bertz CT molecular complexity index is 1510. The number of nitrogens with zero attached hydrogens (tertiary/aromatic N) is 1. The fourth-order valence-electron chi connectivity index (χ4n) is 5.43. The second-order valence-electron chi connectivity index (χ2n) is 10.5. The van der Waals surface area contributed by atoms with Crippen LogP contribution in [0.3, 0.4) is 0 Å². The Balaban J connectivity index is 0.000000271. The number of oxazole rings is 1. The number of fused-ring (bicyclic) bond motifs is 1. The van der Waals surface area contributed by atoms with E-state index in [1.54, 1.807) is 12.1 Å². The van der Waals surface area contributed by atoms with Crippen molar-refractivity contribution in [3.8, 4) is 0 Å². The van der Waals surface area contributed by atoms with Crippen LogP contribution in [0, 0.1) is 0 Å². The van der Waals surface area contributed by atoms with Gasteiger partial charge in [0.15, 0.2) is 5.58 Å². The molecule has 1 heterocycles. The summed E-state index contributed by atoms with van der Waals surface area (Å²) in [6.07, 6.45) is 8.83. The van der Waals surface area contributed by atoms with Crippen LogP contribution < -0.4 is 5.76 Å². The van der Waals surface area contributed by atoms with Crippen molar-refractivity contribution in [1.29, 1.82) is 0 Å². The third-order valence-electron chi connectivity index (χ3n) is 7.76. The zero-order valence-electron chi connectivity index (χ0n) is 23.0. The van der Waals surface area contributed by atoms with Gasteiger partial charge in [-0.25, -0.2) is 4.79 Å². The molecule has 0 unspecified atom stereocenters. The Morgan fingerprint density at radius 1 is 0.878 bits per heavy atom. The lowest BCUT2D eigenvalue weighted by Gasteiger charge is -2.35. The Hall–Kier alpha value is -2.28. The molecule has 0 aliphatic heterocycles. The molecule has 0 atom stereocenters. The van der Waals surface area contributed by atoms with Crippen LogP contribution in [0.5, 0.6) is 0 Å². The van der Waals surface area contributed by atoms with Gasteiger partial charge in [-0.3, -0.25) is 4.98 Å². The van der Waals surface area contributed by atoms with Gasteiger partial charge in [-0.2, -0.15) is 0 Å². The second kappa shape index (κ2) is 15.3. The zero-order chi connectivity index (χ0) is 29.4. The number of halogens is 4. The Morgan fingerprint density at radius 2 is 1.51 bits per heavy atom. The Kier molecular flexibility index (Phi) is 11.8. The second-order valence-corrected chi connectivity index (χ2v) is 12.2. The summed E-state index contributed by atoms with van der Waals surface area (Å²) in [5, 5.41) is 2.69. The number of carbonyl (C=O) groups excluding carboxylic acids is 1. The molecule has 0 radical (unpaired) electrons. The van der Waals surface area contributed by atoms with Gasteiger partial charge in [-0.05, 0) is 118 Å². The summed E-state index contributed by atoms with van der Waals surface area (Å²) < 4.78 is 5.22. The smallest absolute Gasteiger partial charge is 0.408 e. The van der Waals surface area contributed by atoms with Gasteiger partial charge >= 0.3 is 5.76 Å². The minimum atomic E-state index is -0.387. The van der Waals surface area contributed by atoms with E-state index in [4.69, 9.17) is 50.8 Å². The number of nitrogens with one attached hydrogen (secondary N) is 1. The summed E-state index contributed by atoms with van der Waals surface area (Å²) in [7, 11) is 2.23. The van der Waals surface area contributed by atoms with Gasteiger partial charge in [-0.15, -0.1) is 0 Å². The number of rotatable bonds is 9. The van der Waals surface area contributed by atoms with Crippen LogP contribution in [0.25, 0.3) is 11.1 Å². The van der Waals surface area contributed by atoms with Crippen LogP contribution in [-0.2, 0) is 17.6 Å². The number of aromatic amines is 1. The molecule has 218 valence electrons. The van der Waals surface area contributed by atoms with E-state index >= 15 is 0 Å². The van der Waals surface area contributed by atoms with Crippen LogP contribution in [-0.4, -0.2) is 35.8 Å². The lowest BCUT2D eigenvalue weighted by atomic mass is 9.81. The van der Waals surface area contributed by atoms with Crippen molar-refractivity contribution in [2.24, 2.45) is 0 Å². The maximum atomic E-state index is 11.4. The third-order valence-corrected chi connectivity index (χ3v) is 8.93. The normalized spacial score (nSPS) is 16.9. The Labute approximate surface area is 260 Å². The van der Waals surface area contributed by atoms with E-state index in [2.05, 4.69) is 23.0 Å². The molecule has 41 heavy (non-hydrogen) atoms. The molecule has 9 heteroatoms. The number of hydrogen-bond donors (Lipinski definition) is 1. The molecule has 0 amide bonds. The number of carbonyl (C=O) groups is 1. The average molecular weight is 636 g/mol. The molecule has 1 saturated carbocycles. The highest BCUT2D eigenvalue weighted by Crippen LogP contribution is 2.35. The monoisotopic (exact) mass is 634 g/mol. The first-order valence-corrected chi connectivity index (χ1v) is 15.4. The minimum Gasteiger partial charge on any atom is -0.408 e. The van der Waals surface area contributed by atoms with Gasteiger partial charge in [0, 0.05) is 32.6 Å². The molecule has 5 nitrogen and oxygen atoms in total. The molecule has 0 bridgehead atoms.